The van der Waals surface area contributed by atoms with E-state index < -0.39 is 48.4 Å². The van der Waals surface area contributed by atoms with E-state index in [1.807, 2.05) is 0 Å². The second kappa shape index (κ2) is 5.61. The molecule has 1 aliphatic heterocycles. The molecule has 0 aromatic carbocycles. The fraction of sp³-hybridized carbons (Fsp3) is 0.800. The maximum atomic E-state index is 10.9. The third-order valence-electron chi connectivity index (χ3n) is 3.01. The highest BCUT2D eigenvalue weighted by Crippen LogP contribution is 2.27. The summed E-state index contributed by atoms with van der Waals surface area (Å²) >= 11 is 0. The third-order valence-corrected chi connectivity index (χ3v) is 3.01. The molecular weight excluding hydrogens is 248 g/mol. The molecule has 0 aromatic rings. The van der Waals surface area contributed by atoms with Crippen LogP contribution in [0.5, 0.6) is 0 Å². The number of carboxylic acid groups (broad SMARTS) is 2. The Morgan fingerprint density at radius 3 is 1.94 bits per heavy atom. The van der Waals surface area contributed by atoms with Crippen molar-refractivity contribution in [2.75, 3.05) is 0 Å². The minimum Gasteiger partial charge on any atom is -0.481 e. The van der Waals surface area contributed by atoms with E-state index in [4.69, 9.17) is 14.9 Å². The maximum absolute atomic E-state index is 10.9. The Labute approximate surface area is 102 Å². The molecule has 1 aliphatic rings. The van der Waals surface area contributed by atoms with Crippen molar-refractivity contribution >= 4 is 11.9 Å². The number of carbonyl (C=O) groups is 2. The second-order valence-corrected chi connectivity index (χ2v) is 4.17. The van der Waals surface area contributed by atoms with Gasteiger partial charge in [-0.3, -0.25) is 9.59 Å². The van der Waals surface area contributed by atoms with Gasteiger partial charge in [0.15, 0.2) is 5.92 Å². The molecule has 0 unspecified atom stereocenters. The van der Waals surface area contributed by atoms with Crippen molar-refractivity contribution in [2.24, 2.45) is 5.92 Å². The number of ether oxygens (including phenoxy) is 1. The highest BCUT2D eigenvalue weighted by atomic mass is 16.5. The number of carboxylic acids is 2. The molecule has 5 atom stereocenters. The molecule has 5 N–H and O–H groups in total. The number of hydrogen-bond acceptors (Lipinski definition) is 6. The molecule has 0 radical (unpaired) electrons. The SMILES string of the molecule is CC[C@H]1O[C@@H](C(C(=O)O)C(=O)O)[C@H](O)[C@@H](O)[C@@H]1O. The molecule has 104 valence electrons. The lowest BCUT2D eigenvalue weighted by Gasteiger charge is -2.41. The van der Waals surface area contributed by atoms with Crippen molar-refractivity contribution in [1.29, 1.82) is 0 Å². The lowest BCUT2D eigenvalue weighted by molar-refractivity contribution is -0.237. The van der Waals surface area contributed by atoms with E-state index in [1.165, 1.54) is 0 Å². The predicted molar refractivity (Wildman–Crippen MR) is 55.7 cm³/mol. The topological polar surface area (TPSA) is 145 Å². The summed E-state index contributed by atoms with van der Waals surface area (Å²) in [6.45, 7) is 1.62. The van der Waals surface area contributed by atoms with Crippen LogP contribution in [-0.2, 0) is 14.3 Å². The predicted octanol–water partition coefficient (Wildman–Crippen LogP) is -1.97. The number of aliphatic hydroxyl groups is 3. The summed E-state index contributed by atoms with van der Waals surface area (Å²) in [5.74, 6) is -5.36. The largest absolute Gasteiger partial charge is 0.481 e. The van der Waals surface area contributed by atoms with Crippen LogP contribution in [0.2, 0.25) is 0 Å². The fourth-order valence-corrected chi connectivity index (χ4v) is 1.98. The lowest BCUT2D eigenvalue weighted by Crippen LogP contribution is -2.61. The van der Waals surface area contributed by atoms with E-state index in [-0.39, 0.29) is 6.42 Å². The van der Waals surface area contributed by atoms with Gasteiger partial charge in [0.2, 0.25) is 0 Å². The van der Waals surface area contributed by atoms with Crippen LogP contribution in [0.4, 0.5) is 0 Å². The fourth-order valence-electron chi connectivity index (χ4n) is 1.98. The zero-order chi connectivity index (χ0) is 14.0. The van der Waals surface area contributed by atoms with Crippen molar-refractivity contribution in [3.63, 3.8) is 0 Å². The van der Waals surface area contributed by atoms with Gasteiger partial charge in [-0.15, -0.1) is 0 Å². The van der Waals surface area contributed by atoms with Crippen LogP contribution < -0.4 is 0 Å². The van der Waals surface area contributed by atoms with E-state index in [0.29, 0.717) is 0 Å². The van der Waals surface area contributed by atoms with Crippen molar-refractivity contribution in [2.45, 2.75) is 43.9 Å². The van der Waals surface area contributed by atoms with E-state index in [9.17, 15) is 24.9 Å². The van der Waals surface area contributed by atoms with Gasteiger partial charge in [0.1, 0.15) is 24.4 Å². The first-order chi connectivity index (χ1) is 8.31. The second-order valence-electron chi connectivity index (χ2n) is 4.17. The Kier molecular flexibility index (Phi) is 4.63. The Morgan fingerprint density at radius 1 is 1.06 bits per heavy atom. The van der Waals surface area contributed by atoms with Crippen LogP contribution in [0, 0.1) is 5.92 Å². The summed E-state index contributed by atoms with van der Waals surface area (Å²) in [5, 5.41) is 46.4. The van der Waals surface area contributed by atoms with E-state index in [1.54, 1.807) is 6.92 Å². The van der Waals surface area contributed by atoms with Gasteiger partial charge in [-0.05, 0) is 6.42 Å². The number of aliphatic carboxylic acids is 2. The van der Waals surface area contributed by atoms with Gasteiger partial charge in [-0.25, -0.2) is 0 Å². The minimum absolute atomic E-state index is 0.243. The van der Waals surface area contributed by atoms with Crippen molar-refractivity contribution in [3.05, 3.63) is 0 Å². The third kappa shape index (κ3) is 2.61. The number of hydrogen-bond donors (Lipinski definition) is 5. The molecule has 18 heavy (non-hydrogen) atoms. The molecule has 8 heteroatoms. The average Bonchev–Trinajstić information content (AvgIpc) is 2.28. The first-order valence-corrected chi connectivity index (χ1v) is 5.46. The Morgan fingerprint density at radius 2 is 1.56 bits per heavy atom. The van der Waals surface area contributed by atoms with Crippen LogP contribution in [0.3, 0.4) is 0 Å². The van der Waals surface area contributed by atoms with E-state index >= 15 is 0 Å². The molecular formula is C10H16O8. The number of rotatable bonds is 4. The van der Waals surface area contributed by atoms with Crippen LogP contribution in [0.25, 0.3) is 0 Å². The maximum Gasteiger partial charge on any atom is 0.320 e. The van der Waals surface area contributed by atoms with Gasteiger partial charge < -0.3 is 30.3 Å². The Hall–Kier alpha value is -1.22. The molecule has 0 spiro atoms. The highest BCUT2D eigenvalue weighted by Gasteiger charge is 2.50. The summed E-state index contributed by atoms with van der Waals surface area (Å²) < 4.78 is 5.09. The highest BCUT2D eigenvalue weighted by molar-refractivity contribution is 5.93. The van der Waals surface area contributed by atoms with Crippen LogP contribution in [-0.4, -0.2) is 68.0 Å². The molecule has 0 aliphatic carbocycles. The molecule has 8 nitrogen and oxygen atoms in total. The summed E-state index contributed by atoms with van der Waals surface area (Å²) in [5.41, 5.74) is 0. The molecule has 1 rings (SSSR count). The number of aliphatic hydroxyl groups excluding tert-OH is 3. The normalized spacial score (nSPS) is 36.6. The van der Waals surface area contributed by atoms with Gasteiger partial charge in [0.25, 0.3) is 0 Å². The molecule has 0 saturated carbocycles. The summed E-state index contributed by atoms with van der Waals surface area (Å²) in [6, 6.07) is 0. The van der Waals surface area contributed by atoms with Crippen molar-refractivity contribution in [1.82, 2.24) is 0 Å². The van der Waals surface area contributed by atoms with Gasteiger partial charge in [-0.2, -0.15) is 0 Å². The monoisotopic (exact) mass is 264 g/mol. The van der Waals surface area contributed by atoms with Gasteiger partial charge in [-0.1, -0.05) is 6.92 Å². The first kappa shape index (κ1) is 14.8. The Balaban J connectivity index is 2.99. The molecule has 0 amide bonds. The molecule has 1 heterocycles. The van der Waals surface area contributed by atoms with Crippen molar-refractivity contribution in [3.8, 4) is 0 Å². The average molecular weight is 264 g/mol. The van der Waals surface area contributed by atoms with E-state index in [0.717, 1.165) is 0 Å². The standard InChI is InChI=1S/C10H16O8/c1-2-3-5(11)6(12)7(13)8(18-3)4(9(14)15)10(16)17/h3-8,11-13H,2H2,1H3,(H,14,15)(H,16,17)/t3-,5-,6+,7-,8+/m1/s1. The van der Waals surface area contributed by atoms with Gasteiger partial charge in [0, 0.05) is 0 Å². The lowest BCUT2D eigenvalue weighted by atomic mass is 9.87. The molecule has 0 bridgehead atoms. The summed E-state index contributed by atoms with van der Waals surface area (Å²) in [7, 11) is 0. The van der Waals surface area contributed by atoms with Gasteiger partial charge >= 0.3 is 11.9 Å². The molecule has 1 fully saturated rings. The van der Waals surface area contributed by atoms with Crippen LogP contribution >= 0.6 is 0 Å². The quantitative estimate of drug-likeness (QED) is 0.368. The van der Waals surface area contributed by atoms with Crippen LogP contribution in [0.15, 0.2) is 0 Å². The first-order valence-electron chi connectivity index (χ1n) is 5.46. The van der Waals surface area contributed by atoms with Gasteiger partial charge in [0.05, 0.1) is 6.10 Å². The zero-order valence-electron chi connectivity index (χ0n) is 9.63. The summed E-state index contributed by atoms with van der Waals surface area (Å²) in [6.07, 6.45) is -7.09. The Bertz CT molecular complexity index is 314. The minimum atomic E-state index is -2.00. The molecule has 0 aromatic heterocycles. The summed E-state index contributed by atoms with van der Waals surface area (Å²) in [4.78, 5) is 21.7. The van der Waals surface area contributed by atoms with Crippen molar-refractivity contribution < 1.29 is 39.9 Å². The van der Waals surface area contributed by atoms with E-state index in [2.05, 4.69) is 0 Å². The molecule has 1 saturated heterocycles. The smallest absolute Gasteiger partial charge is 0.320 e. The van der Waals surface area contributed by atoms with Crippen LogP contribution in [0.1, 0.15) is 13.3 Å². The zero-order valence-corrected chi connectivity index (χ0v) is 9.63.